The minimum absolute atomic E-state index is 0.156. The van der Waals surface area contributed by atoms with Crippen molar-refractivity contribution < 1.29 is 4.79 Å². The molecule has 0 atom stereocenters. The predicted molar refractivity (Wildman–Crippen MR) is 61.7 cm³/mol. The third kappa shape index (κ3) is 2.01. The Hall–Kier alpha value is -0.740. The molecule has 0 N–H and O–H groups in total. The Morgan fingerprint density at radius 3 is 3.07 bits per heavy atom. The Bertz CT molecular complexity index is 492. The Morgan fingerprint density at radius 2 is 2.36 bits per heavy atom. The van der Waals surface area contributed by atoms with Crippen molar-refractivity contribution in [3.05, 3.63) is 27.7 Å². The number of fused-ring (bicyclic) bond motifs is 1. The van der Waals surface area contributed by atoms with Gasteiger partial charge >= 0.3 is 0 Å². The number of aromatic nitrogens is 1. The molecule has 0 saturated heterocycles. The van der Waals surface area contributed by atoms with Crippen molar-refractivity contribution in [1.82, 2.24) is 4.98 Å². The van der Waals surface area contributed by atoms with Crippen molar-refractivity contribution in [2.45, 2.75) is 13.3 Å². The zero-order valence-corrected chi connectivity index (χ0v) is 9.98. The van der Waals surface area contributed by atoms with Gasteiger partial charge in [0.15, 0.2) is 0 Å². The Labute approximate surface area is 94.1 Å². The number of Topliss-reactive ketones (excluding diaryl/α,β-unsaturated/α-hetero) is 1. The highest BCUT2D eigenvalue weighted by molar-refractivity contribution is 9.10. The molecule has 1 aromatic heterocycles. The van der Waals surface area contributed by atoms with Gasteiger partial charge in [0.25, 0.3) is 0 Å². The number of thiazole rings is 1. The number of ketones is 1. The van der Waals surface area contributed by atoms with Crippen molar-refractivity contribution in [2.24, 2.45) is 0 Å². The second kappa shape index (κ2) is 3.79. The fourth-order valence-corrected chi connectivity index (χ4v) is 2.82. The van der Waals surface area contributed by atoms with Gasteiger partial charge in [0.1, 0.15) is 10.8 Å². The van der Waals surface area contributed by atoms with Crippen molar-refractivity contribution >= 4 is 43.3 Å². The summed E-state index contributed by atoms with van der Waals surface area (Å²) in [6, 6.07) is 5.94. The van der Waals surface area contributed by atoms with Gasteiger partial charge in [-0.05, 0) is 25.1 Å². The molecular formula is C10H8BrNOS. The minimum Gasteiger partial charge on any atom is -0.300 e. The van der Waals surface area contributed by atoms with Gasteiger partial charge in [-0.2, -0.15) is 0 Å². The average Bonchev–Trinajstić information content (AvgIpc) is 2.44. The zero-order valence-electron chi connectivity index (χ0n) is 7.58. The highest BCUT2D eigenvalue weighted by Gasteiger charge is 2.05. The molecule has 0 aliphatic heterocycles. The molecule has 0 aliphatic rings. The highest BCUT2D eigenvalue weighted by Crippen LogP contribution is 2.25. The number of nitrogens with zero attached hydrogens (tertiary/aromatic N) is 1. The lowest BCUT2D eigenvalue weighted by atomic mass is 10.3. The number of halogens is 1. The Balaban J connectivity index is 2.46. The topological polar surface area (TPSA) is 30.0 Å². The van der Waals surface area contributed by atoms with Gasteiger partial charge in [0.2, 0.25) is 0 Å². The van der Waals surface area contributed by atoms with Crippen molar-refractivity contribution in [2.75, 3.05) is 0 Å². The molecule has 0 bridgehead atoms. The normalized spacial score (nSPS) is 10.7. The van der Waals surface area contributed by atoms with Crippen LogP contribution >= 0.6 is 27.3 Å². The van der Waals surface area contributed by atoms with Crippen LogP contribution in [0.15, 0.2) is 22.7 Å². The van der Waals surface area contributed by atoms with Crippen LogP contribution in [-0.4, -0.2) is 10.8 Å². The molecule has 0 aliphatic carbocycles. The lowest BCUT2D eigenvalue weighted by Crippen LogP contribution is -1.94. The van der Waals surface area contributed by atoms with Crippen LogP contribution in [0.2, 0.25) is 0 Å². The zero-order chi connectivity index (χ0) is 10.1. The van der Waals surface area contributed by atoms with E-state index in [9.17, 15) is 4.79 Å². The van der Waals surface area contributed by atoms with Gasteiger partial charge in [-0.25, -0.2) is 4.98 Å². The molecule has 0 spiro atoms. The fraction of sp³-hybridized carbons (Fsp3) is 0.200. The molecule has 0 unspecified atom stereocenters. The van der Waals surface area contributed by atoms with Crippen LogP contribution < -0.4 is 0 Å². The summed E-state index contributed by atoms with van der Waals surface area (Å²) in [6.07, 6.45) is 0.441. The monoisotopic (exact) mass is 269 g/mol. The van der Waals surface area contributed by atoms with E-state index in [0.717, 1.165) is 19.7 Å². The van der Waals surface area contributed by atoms with Crippen molar-refractivity contribution in [1.29, 1.82) is 0 Å². The van der Waals surface area contributed by atoms with Crippen molar-refractivity contribution in [3.8, 4) is 0 Å². The van der Waals surface area contributed by atoms with E-state index in [4.69, 9.17) is 0 Å². The first-order valence-electron chi connectivity index (χ1n) is 4.19. The van der Waals surface area contributed by atoms with Crippen LogP contribution in [0, 0.1) is 0 Å². The van der Waals surface area contributed by atoms with Crippen LogP contribution in [0.1, 0.15) is 11.9 Å². The SMILES string of the molecule is CC(=O)Cc1nc2ccc(Br)cc2s1. The number of hydrogen-bond donors (Lipinski definition) is 0. The van der Waals surface area contributed by atoms with E-state index >= 15 is 0 Å². The number of hydrogen-bond acceptors (Lipinski definition) is 3. The summed E-state index contributed by atoms with van der Waals surface area (Å²) in [5, 5.41) is 0.894. The van der Waals surface area contributed by atoms with Gasteiger partial charge in [-0.3, -0.25) is 4.79 Å². The second-order valence-corrected chi connectivity index (χ2v) is 5.13. The number of carbonyl (C=O) groups is 1. The molecule has 0 fully saturated rings. The van der Waals surface area contributed by atoms with E-state index in [1.54, 1.807) is 18.3 Å². The summed E-state index contributed by atoms with van der Waals surface area (Å²) in [5.41, 5.74) is 0.967. The standard InChI is InChI=1S/C10H8BrNOS/c1-6(13)4-10-12-8-3-2-7(11)5-9(8)14-10/h2-3,5H,4H2,1H3. The molecule has 0 saturated carbocycles. The summed E-state index contributed by atoms with van der Waals surface area (Å²) in [7, 11) is 0. The van der Waals surface area contributed by atoms with Gasteiger partial charge in [0, 0.05) is 4.47 Å². The molecule has 0 amide bonds. The molecule has 2 nitrogen and oxygen atoms in total. The first-order chi connectivity index (χ1) is 6.65. The maximum Gasteiger partial charge on any atom is 0.136 e. The summed E-state index contributed by atoms with van der Waals surface area (Å²) >= 11 is 4.98. The van der Waals surface area contributed by atoms with E-state index in [2.05, 4.69) is 20.9 Å². The minimum atomic E-state index is 0.156. The van der Waals surface area contributed by atoms with E-state index in [1.807, 2.05) is 18.2 Å². The average molecular weight is 270 g/mol. The second-order valence-electron chi connectivity index (χ2n) is 3.10. The van der Waals surface area contributed by atoms with E-state index < -0.39 is 0 Å². The molecule has 72 valence electrons. The summed E-state index contributed by atoms with van der Waals surface area (Å²) in [4.78, 5) is 15.3. The quantitative estimate of drug-likeness (QED) is 0.838. The van der Waals surface area contributed by atoms with Crippen LogP contribution in [0.3, 0.4) is 0 Å². The molecule has 1 aromatic carbocycles. The number of carbonyl (C=O) groups excluding carboxylic acids is 1. The fourth-order valence-electron chi connectivity index (χ4n) is 1.23. The number of rotatable bonds is 2. The third-order valence-corrected chi connectivity index (χ3v) is 3.31. The maximum atomic E-state index is 10.9. The summed E-state index contributed by atoms with van der Waals surface area (Å²) in [5.74, 6) is 0.156. The van der Waals surface area contributed by atoms with Gasteiger partial charge in [-0.15, -0.1) is 11.3 Å². The predicted octanol–water partition coefficient (Wildman–Crippen LogP) is 3.19. The van der Waals surface area contributed by atoms with Gasteiger partial charge in [-0.1, -0.05) is 15.9 Å². The van der Waals surface area contributed by atoms with E-state index in [1.165, 1.54) is 0 Å². The highest BCUT2D eigenvalue weighted by atomic mass is 79.9. The first-order valence-corrected chi connectivity index (χ1v) is 5.80. The molecule has 0 radical (unpaired) electrons. The van der Waals surface area contributed by atoms with Crippen molar-refractivity contribution in [3.63, 3.8) is 0 Å². The molecule has 1 heterocycles. The molecule has 14 heavy (non-hydrogen) atoms. The van der Waals surface area contributed by atoms with Crippen LogP contribution in [0.5, 0.6) is 0 Å². The summed E-state index contributed by atoms with van der Waals surface area (Å²) < 4.78 is 2.17. The van der Waals surface area contributed by atoms with Gasteiger partial charge < -0.3 is 0 Å². The van der Waals surface area contributed by atoms with Crippen LogP contribution in [0.4, 0.5) is 0 Å². The van der Waals surface area contributed by atoms with E-state index in [0.29, 0.717) is 6.42 Å². The Kier molecular flexibility index (Phi) is 2.65. The molecule has 2 aromatic rings. The first kappa shape index (κ1) is 9.80. The van der Waals surface area contributed by atoms with Crippen LogP contribution in [-0.2, 0) is 11.2 Å². The lowest BCUT2D eigenvalue weighted by molar-refractivity contribution is -0.116. The lowest BCUT2D eigenvalue weighted by Gasteiger charge is -1.87. The molecular weight excluding hydrogens is 262 g/mol. The Morgan fingerprint density at radius 1 is 1.57 bits per heavy atom. The number of benzene rings is 1. The van der Waals surface area contributed by atoms with Gasteiger partial charge in [0.05, 0.1) is 16.6 Å². The smallest absolute Gasteiger partial charge is 0.136 e. The third-order valence-electron chi connectivity index (χ3n) is 1.79. The molecule has 4 heteroatoms. The largest absolute Gasteiger partial charge is 0.300 e. The van der Waals surface area contributed by atoms with Crippen LogP contribution in [0.25, 0.3) is 10.2 Å². The maximum absolute atomic E-state index is 10.9. The molecule has 2 rings (SSSR count). The summed E-state index contributed by atoms with van der Waals surface area (Å²) in [6.45, 7) is 1.59. The van der Waals surface area contributed by atoms with E-state index in [-0.39, 0.29) is 5.78 Å².